The maximum Gasteiger partial charge on any atom is 0.228 e. The van der Waals surface area contributed by atoms with Gasteiger partial charge >= 0.3 is 0 Å². The number of benzene rings is 2. The molecule has 0 spiro atoms. The van der Waals surface area contributed by atoms with Crippen LogP contribution >= 0.6 is 0 Å². The van der Waals surface area contributed by atoms with Crippen molar-refractivity contribution in [3.05, 3.63) is 65.5 Å². The number of anilines is 1. The minimum atomic E-state index is -0.336. The zero-order valence-electron chi connectivity index (χ0n) is 14.0. The maximum absolute atomic E-state index is 13.2. The summed E-state index contributed by atoms with van der Waals surface area (Å²) in [7, 11) is 0. The monoisotopic (exact) mass is 326 g/mol. The van der Waals surface area contributed by atoms with E-state index in [0.717, 1.165) is 32.5 Å². The molecule has 0 aliphatic carbocycles. The van der Waals surface area contributed by atoms with Crippen molar-refractivity contribution in [2.45, 2.75) is 26.3 Å². The average molecular weight is 326 g/mol. The van der Waals surface area contributed by atoms with Crippen LogP contribution in [0.25, 0.3) is 0 Å². The van der Waals surface area contributed by atoms with Crippen LogP contribution in [0.1, 0.15) is 24.0 Å². The molecule has 1 heterocycles. The summed E-state index contributed by atoms with van der Waals surface area (Å²) in [6, 6.07) is 14.5. The second-order valence-corrected chi connectivity index (χ2v) is 6.56. The minimum Gasteiger partial charge on any atom is -0.326 e. The summed E-state index contributed by atoms with van der Waals surface area (Å²) in [5, 5.41) is 2.84. The van der Waals surface area contributed by atoms with Gasteiger partial charge in [0.2, 0.25) is 5.91 Å². The molecule has 0 aromatic heterocycles. The molecule has 4 heteroatoms. The van der Waals surface area contributed by atoms with E-state index >= 15 is 0 Å². The van der Waals surface area contributed by atoms with Gasteiger partial charge in [0.25, 0.3) is 0 Å². The highest BCUT2D eigenvalue weighted by molar-refractivity contribution is 5.92. The second-order valence-electron chi connectivity index (χ2n) is 6.56. The lowest BCUT2D eigenvalue weighted by Crippen LogP contribution is -2.40. The molecule has 3 rings (SSSR count). The molecule has 2 aromatic rings. The first-order chi connectivity index (χ1) is 11.6. The van der Waals surface area contributed by atoms with E-state index in [0.29, 0.717) is 5.69 Å². The molecule has 24 heavy (non-hydrogen) atoms. The van der Waals surface area contributed by atoms with Crippen molar-refractivity contribution in [2.75, 3.05) is 18.4 Å². The molecule has 1 aliphatic rings. The predicted molar refractivity (Wildman–Crippen MR) is 94.2 cm³/mol. The molecule has 1 N–H and O–H groups in total. The van der Waals surface area contributed by atoms with Crippen molar-refractivity contribution < 1.29 is 9.18 Å². The first-order valence-electron chi connectivity index (χ1n) is 8.44. The molecule has 1 atom stereocenters. The number of nitrogens with one attached hydrogen (secondary N) is 1. The van der Waals surface area contributed by atoms with Crippen molar-refractivity contribution in [1.29, 1.82) is 0 Å². The van der Waals surface area contributed by atoms with E-state index < -0.39 is 0 Å². The van der Waals surface area contributed by atoms with Crippen LogP contribution in [0.2, 0.25) is 0 Å². The highest BCUT2D eigenvalue weighted by Gasteiger charge is 2.25. The number of aryl methyl sites for hydroxylation is 1. The Hall–Kier alpha value is -2.20. The molecule has 1 fully saturated rings. The van der Waals surface area contributed by atoms with Crippen LogP contribution in [0.15, 0.2) is 48.5 Å². The van der Waals surface area contributed by atoms with Gasteiger partial charge in [-0.2, -0.15) is 0 Å². The van der Waals surface area contributed by atoms with Crippen LogP contribution in [0.4, 0.5) is 10.1 Å². The summed E-state index contributed by atoms with van der Waals surface area (Å²) >= 11 is 0. The Bertz CT molecular complexity index is 716. The van der Waals surface area contributed by atoms with Crippen LogP contribution in [-0.4, -0.2) is 23.9 Å². The maximum atomic E-state index is 13.2. The van der Waals surface area contributed by atoms with Crippen LogP contribution < -0.4 is 5.32 Å². The zero-order valence-corrected chi connectivity index (χ0v) is 14.0. The summed E-state index contributed by atoms with van der Waals surface area (Å²) < 4.78 is 13.2. The molecule has 0 saturated carbocycles. The second kappa shape index (κ2) is 7.58. The third-order valence-corrected chi connectivity index (χ3v) is 4.46. The molecular weight excluding hydrogens is 303 g/mol. The van der Waals surface area contributed by atoms with E-state index in [2.05, 4.69) is 41.4 Å². The SMILES string of the molecule is Cc1cccc(CN2CCCC(C(=O)Nc3cccc(F)c3)C2)c1. The van der Waals surface area contributed by atoms with Crippen molar-refractivity contribution in [3.63, 3.8) is 0 Å². The van der Waals surface area contributed by atoms with E-state index in [1.807, 2.05) is 0 Å². The van der Waals surface area contributed by atoms with Crippen LogP contribution in [0, 0.1) is 18.7 Å². The largest absolute Gasteiger partial charge is 0.326 e. The summed E-state index contributed by atoms with van der Waals surface area (Å²) in [5.41, 5.74) is 3.06. The highest BCUT2D eigenvalue weighted by Crippen LogP contribution is 2.21. The Labute approximate surface area is 142 Å². The lowest BCUT2D eigenvalue weighted by atomic mass is 9.96. The molecule has 2 aromatic carbocycles. The number of hydrogen-bond acceptors (Lipinski definition) is 2. The number of carbonyl (C=O) groups is 1. The number of likely N-dealkylation sites (tertiary alicyclic amines) is 1. The fourth-order valence-electron chi connectivity index (χ4n) is 3.29. The summed E-state index contributed by atoms with van der Waals surface area (Å²) in [4.78, 5) is 14.8. The van der Waals surface area contributed by atoms with E-state index in [-0.39, 0.29) is 17.6 Å². The van der Waals surface area contributed by atoms with Gasteiger partial charge in [0.15, 0.2) is 0 Å². The van der Waals surface area contributed by atoms with Gasteiger partial charge in [0.05, 0.1) is 5.92 Å². The van der Waals surface area contributed by atoms with E-state index in [9.17, 15) is 9.18 Å². The highest BCUT2D eigenvalue weighted by atomic mass is 19.1. The Kier molecular flexibility index (Phi) is 5.26. The summed E-state index contributed by atoms with van der Waals surface area (Å²) in [5.74, 6) is -0.404. The van der Waals surface area contributed by atoms with Gasteiger partial charge in [-0.25, -0.2) is 4.39 Å². The number of nitrogens with zero attached hydrogens (tertiary/aromatic N) is 1. The molecule has 1 unspecified atom stereocenters. The van der Waals surface area contributed by atoms with Gasteiger partial charge < -0.3 is 5.32 Å². The Balaban J connectivity index is 1.59. The third kappa shape index (κ3) is 4.42. The Morgan fingerprint density at radius 1 is 1.25 bits per heavy atom. The number of rotatable bonds is 4. The van der Waals surface area contributed by atoms with Gasteiger partial charge in [0, 0.05) is 18.8 Å². The Morgan fingerprint density at radius 3 is 2.88 bits per heavy atom. The summed E-state index contributed by atoms with van der Waals surface area (Å²) in [6.45, 7) is 4.72. The number of amides is 1. The van der Waals surface area contributed by atoms with Gasteiger partial charge in [-0.05, 0) is 50.1 Å². The van der Waals surface area contributed by atoms with Gasteiger partial charge in [-0.1, -0.05) is 35.9 Å². The minimum absolute atomic E-state index is 0.0189. The van der Waals surface area contributed by atoms with Crippen LogP contribution in [0.3, 0.4) is 0 Å². The van der Waals surface area contributed by atoms with Gasteiger partial charge in [0.1, 0.15) is 5.82 Å². The van der Waals surface area contributed by atoms with E-state index in [1.54, 1.807) is 12.1 Å². The fraction of sp³-hybridized carbons (Fsp3) is 0.350. The molecule has 1 saturated heterocycles. The number of halogens is 1. The third-order valence-electron chi connectivity index (χ3n) is 4.46. The first-order valence-corrected chi connectivity index (χ1v) is 8.44. The van der Waals surface area contributed by atoms with Crippen LogP contribution in [-0.2, 0) is 11.3 Å². The Morgan fingerprint density at radius 2 is 2.08 bits per heavy atom. The normalized spacial score (nSPS) is 18.3. The van der Waals surface area contributed by atoms with E-state index in [1.165, 1.54) is 23.3 Å². The smallest absolute Gasteiger partial charge is 0.228 e. The molecular formula is C20H23FN2O. The van der Waals surface area contributed by atoms with Crippen molar-refractivity contribution >= 4 is 11.6 Å². The van der Waals surface area contributed by atoms with Gasteiger partial charge in [-0.3, -0.25) is 9.69 Å². The standard InChI is InChI=1S/C20H23FN2O/c1-15-5-2-6-16(11-15)13-23-10-4-7-17(14-23)20(24)22-19-9-3-8-18(21)12-19/h2-3,5-6,8-9,11-12,17H,4,7,10,13-14H2,1H3,(H,22,24). The lowest BCUT2D eigenvalue weighted by Gasteiger charge is -2.32. The number of hydrogen-bond donors (Lipinski definition) is 1. The molecule has 126 valence electrons. The molecule has 0 bridgehead atoms. The average Bonchev–Trinajstić information content (AvgIpc) is 2.55. The molecule has 1 aliphatic heterocycles. The quantitative estimate of drug-likeness (QED) is 0.921. The molecule has 1 amide bonds. The van der Waals surface area contributed by atoms with Crippen molar-refractivity contribution in [1.82, 2.24) is 4.90 Å². The van der Waals surface area contributed by atoms with Crippen molar-refractivity contribution in [2.24, 2.45) is 5.92 Å². The number of carbonyl (C=O) groups excluding carboxylic acids is 1. The van der Waals surface area contributed by atoms with Crippen LogP contribution in [0.5, 0.6) is 0 Å². The zero-order chi connectivity index (χ0) is 16.9. The van der Waals surface area contributed by atoms with Gasteiger partial charge in [-0.15, -0.1) is 0 Å². The molecule has 3 nitrogen and oxygen atoms in total. The topological polar surface area (TPSA) is 32.3 Å². The van der Waals surface area contributed by atoms with Crippen molar-refractivity contribution in [3.8, 4) is 0 Å². The fourth-order valence-corrected chi connectivity index (χ4v) is 3.29. The first kappa shape index (κ1) is 16.7. The lowest BCUT2D eigenvalue weighted by molar-refractivity contribution is -0.121. The number of piperidine rings is 1. The summed E-state index contributed by atoms with van der Waals surface area (Å²) in [6.07, 6.45) is 1.89. The van der Waals surface area contributed by atoms with E-state index in [4.69, 9.17) is 0 Å². The predicted octanol–water partition coefficient (Wildman–Crippen LogP) is 3.98. The molecule has 0 radical (unpaired) electrons.